The molecule has 0 aliphatic heterocycles. The molecule has 1 aromatic heterocycles. The highest BCUT2D eigenvalue weighted by Crippen LogP contribution is 1.98. The van der Waals surface area contributed by atoms with Gasteiger partial charge in [0.05, 0.1) is 12.5 Å². The molecule has 0 spiro atoms. The van der Waals surface area contributed by atoms with E-state index >= 15 is 0 Å². The molecular formula is C9H16N4O. The van der Waals surface area contributed by atoms with Crippen LogP contribution < -0.4 is 5.32 Å². The summed E-state index contributed by atoms with van der Waals surface area (Å²) >= 11 is 0. The number of aromatic nitrogens is 3. The highest BCUT2D eigenvalue weighted by molar-refractivity contribution is 5.85. The molecular weight excluding hydrogens is 180 g/mol. The lowest BCUT2D eigenvalue weighted by molar-refractivity contribution is -0.120. The van der Waals surface area contributed by atoms with Crippen molar-refractivity contribution < 1.29 is 4.79 Å². The van der Waals surface area contributed by atoms with Crippen molar-refractivity contribution in [3.8, 4) is 0 Å². The van der Waals surface area contributed by atoms with Gasteiger partial charge in [-0.15, -0.1) is 0 Å². The van der Waals surface area contributed by atoms with Crippen LogP contribution in [0.3, 0.4) is 0 Å². The van der Waals surface area contributed by atoms with Crippen LogP contribution in [0.5, 0.6) is 0 Å². The minimum absolute atomic E-state index is 0.128. The Morgan fingerprint density at radius 1 is 1.71 bits per heavy atom. The van der Waals surface area contributed by atoms with Gasteiger partial charge in [0, 0.05) is 6.54 Å². The van der Waals surface area contributed by atoms with Gasteiger partial charge in [-0.3, -0.25) is 4.79 Å². The van der Waals surface area contributed by atoms with Crippen LogP contribution in [0.15, 0.2) is 6.33 Å². The van der Waals surface area contributed by atoms with Crippen LogP contribution in [0.25, 0.3) is 0 Å². The van der Waals surface area contributed by atoms with Gasteiger partial charge in [0.25, 0.3) is 0 Å². The number of nitrogens with zero attached hydrogens (tertiary/aromatic N) is 3. The van der Waals surface area contributed by atoms with Gasteiger partial charge in [0.1, 0.15) is 12.2 Å². The second kappa shape index (κ2) is 4.85. The molecule has 0 fully saturated rings. The van der Waals surface area contributed by atoms with Crippen molar-refractivity contribution in [1.29, 1.82) is 0 Å². The molecule has 1 N–H and O–H groups in total. The molecule has 5 nitrogen and oxygen atoms in total. The van der Waals surface area contributed by atoms with E-state index in [0.29, 0.717) is 6.42 Å². The first-order valence-corrected chi connectivity index (χ1v) is 4.75. The van der Waals surface area contributed by atoms with E-state index in [9.17, 15) is 4.79 Å². The first-order valence-electron chi connectivity index (χ1n) is 4.75. The zero-order chi connectivity index (χ0) is 10.6. The van der Waals surface area contributed by atoms with Crippen LogP contribution in [0, 0.1) is 0 Å². The van der Waals surface area contributed by atoms with Crippen molar-refractivity contribution >= 4 is 5.78 Å². The number of Topliss-reactive ketones (excluding diaryl/α,β-unsaturated/α-hetero) is 1. The molecule has 0 aliphatic rings. The Balaban J connectivity index is 2.64. The smallest absolute Gasteiger partial charge is 0.156 e. The number of rotatable bonds is 5. The first kappa shape index (κ1) is 10.8. The number of ketones is 1. The van der Waals surface area contributed by atoms with E-state index in [0.717, 1.165) is 12.4 Å². The first-order chi connectivity index (χ1) is 6.69. The summed E-state index contributed by atoms with van der Waals surface area (Å²) in [6.45, 7) is 4.57. The maximum absolute atomic E-state index is 11.6. The maximum atomic E-state index is 11.6. The molecule has 0 bridgehead atoms. The number of aryl methyl sites for hydroxylation is 1. The molecule has 1 rings (SSSR count). The van der Waals surface area contributed by atoms with E-state index in [4.69, 9.17) is 0 Å². The van der Waals surface area contributed by atoms with Crippen molar-refractivity contribution in [2.75, 3.05) is 7.05 Å². The van der Waals surface area contributed by atoms with E-state index < -0.39 is 0 Å². The van der Waals surface area contributed by atoms with E-state index in [2.05, 4.69) is 15.4 Å². The van der Waals surface area contributed by atoms with Crippen LogP contribution in [0.1, 0.15) is 19.7 Å². The SMILES string of the molecule is CCn1ncnc1CC(=O)C(C)NC. The van der Waals surface area contributed by atoms with E-state index in [1.54, 1.807) is 11.7 Å². The standard InChI is InChI=1S/C9H16N4O/c1-4-13-9(11-6-12-13)5-8(14)7(2)10-3/h6-7,10H,4-5H2,1-3H3. The summed E-state index contributed by atoms with van der Waals surface area (Å²) in [4.78, 5) is 15.6. The monoisotopic (exact) mass is 196 g/mol. The van der Waals surface area contributed by atoms with Gasteiger partial charge < -0.3 is 5.32 Å². The number of carbonyl (C=O) groups excluding carboxylic acids is 1. The number of carbonyl (C=O) groups is 1. The molecule has 5 heteroatoms. The Kier molecular flexibility index (Phi) is 3.76. The lowest BCUT2D eigenvalue weighted by atomic mass is 10.1. The number of hydrogen-bond donors (Lipinski definition) is 1. The summed E-state index contributed by atoms with van der Waals surface area (Å²) in [6, 6.07) is -0.128. The van der Waals surface area contributed by atoms with Gasteiger partial charge in [-0.2, -0.15) is 5.10 Å². The molecule has 0 radical (unpaired) electrons. The molecule has 1 atom stereocenters. The van der Waals surface area contributed by atoms with E-state index in [1.807, 2.05) is 13.8 Å². The molecule has 1 unspecified atom stereocenters. The second-order valence-electron chi connectivity index (χ2n) is 3.15. The molecule has 0 aromatic carbocycles. The van der Waals surface area contributed by atoms with Crippen molar-refractivity contribution in [3.05, 3.63) is 12.2 Å². The fourth-order valence-corrected chi connectivity index (χ4v) is 1.16. The largest absolute Gasteiger partial charge is 0.311 e. The van der Waals surface area contributed by atoms with Gasteiger partial charge in [-0.25, -0.2) is 9.67 Å². The summed E-state index contributed by atoms with van der Waals surface area (Å²) in [5.74, 6) is 0.870. The second-order valence-corrected chi connectivity index (χ2v) is 3.15. The molecule has 14 heavy (non-hydrogen) atoms. The third-order valence-electron chi connectivity index (χ3n) is 2.24. The average molecular weight is 196 g/mol. The van der Waals surface area contributed by atoms with Crippen LogP contribution in [0.2, 0.25) is 0 Å². The van der Waals surface area contributed by atoms with Crippen molar-refractivity contribution in [1.82, 2.24) is 20.1 Å². The molecule has 1 aromatic rings. The quantitative estimate of drug-likeness (QED) is 0.721. The summed E-state index contributed by atoms with van der Waals surface area (Å²) in [5.41, 5.74) is 0. The third-order valence-corrected chi connectivity index (χ3v) is 2.24. The van der Waals surface area contributed by atoms with Gasteiger partial charge in [-0.1, -0.05) is 0 Å². The van der Waals surface area contributed by atoms with Gasteiger partial charge in [0.2, 0.25) is 0 Å². The number of hydrogen-bond acceptors (Lipinski definition) is 4. The fraction of sp³-hybridized carbons (Fsp3) is 0.667. The van der Waals surface area contributed by atoms with Gasteiger partial charge in [-0.05, 0) is 20.9 Å². The lowest BCUT2D eigenvalue weighted by Gasteiger charge is -2.08. The van der Waals surface area contributed by atoms with E-state index in [1.165, 1.54) is 6.33 Å². The zero-order valence-electron chi connectivity index (χ0n) is 8.82. The third kappa shape index (κ3) is 2.38. The minimum atomic E-state index is -0.128. The Morgan fingerprint density at radius 3 is 3.00 bits per heavy atom. The lowest BCUT2D eigenvalue weighted by Crippen LogP contribution is -2.32. The maximum Gasteiger partial charge on any atom is 0.156 e. The Hall–Kier alpha value is -1.23. The number of likely N-dealkylation sites (N-methyl/N-ethyl adjacent to an activating group) is 1. The highest BCUT2D eigenvalue weighted by atomic mass is 16.1. The molecule has 0 aliphatic carbocycles. The van der Waals surface area contributed by atoms with Crippen LogP contribution >= 0.6 is 0 Å². The van der Waals surface area contributed by atoms with E-state index in [-0.39, 0.29) is 11.8 Å². The molecule has 78 valence electrons. The van der Waals surface area contributed by atoms with Crippen LogP contribution in [-0.2, 0) is 17.8 Å². The average Bonchev–Trinajstić information content (AvgIpc) is 2.63. The molecule has 0 saturated carbocycles. The van der Waals surface area contributed by atoms with Crippen molar-refractivity contribution in [2.24, 2.45) is 0 Å². The molecule has 0 saturated heterocycles. The minimum Gasteiger partial charge on any atom is -0.311 e. The topological polar surface area (TPSA) is 59.8 Å². The Labute approximate surface area is 83.5 Å². The number of nitrogens with one attached hydrogen (secondary N) is 1. The summed E-state index contributed by atoms with van der Waals surface area (Å²) in [6.07, 6.45) is 1.83. The van der Waals surface area contributed by atoms with Crippen LogP contribution in [-0.4, -0.2) is 33.6 Å². The predicted octanol–water partition coefficient (Wildman–Crippen LogP) is 0.0175. The molecule has 1 heterocycles. The van der Waals surface area contributed by atoms with Crippen molar-refractivity contribution in [3.63, 3.8) is 0 Å². The summed E-state index contributed by atoms with van der Waals surface area (Å²) in [5, 5.41) is 6.91. The summed E-state index contributed by atoms with van der Waals surface area (Å²) < 4.78 is 1.74. The Bertz CT molecular complexity index is 308. The molecule has 0 amide bonds. The predicted molar refractivity (Wildman–Crippen MR) is 52.9 cm³/mol. The van der Waals surface area contributed by atoms with Crippen molar-refractivity contribution in [2.45, 2.75) is 32.9 Å². The zero-order valence-corrected chi connectivity index (χ0v) is 8.82. The summed E-state index contributed by atoms with van der Waals surface area (Å²) in [7, 11) is 1.77. The fourth-order valence-electron chi connectivity index (χ4n) is 1.16. The van der Waals surface area contributed by atoms with Gasteiger partial charge in [0.15, 0.2) is 5.78 Å². The van der Waals surface area contributed by atoms with Crippen LogP contribution in [0.4, 0.5) is 0 Å². The Morgan fingerprint density at radius 2 is 2.43 bits per heavy atom. The van der Waals surface area contributed by atoms with Gasteiger partial charge >= 0.3 is 0 Å². The normalized spacial score (nSPS) is 12.8. The highest BCUT2D eigenvalue weighted by Gasteiger charge is 2.14.